The lowest BCUT2D eigenvalue weighted by Gasteiger charge is -2.21. The van der Waals surface area contributed by atoms with Crippen LogP contribution in [0.15, 0.2) is 48.5 Å². The SMILES string of the molecule is Nc1cc(N2CCC(Oc3ccc(F)c(F)c3)C2)c2ccccc2n1. The maximum atomic E-state index is 13.3. The van der Waals surface area contributed by atoms with Crippen molar-refractivity contribution in [3.05, 3.63) is 60.2 Å². The van der Waals surface area contributed by atoms with E-state index in [0.717, 1.165) is 41.7 Å². The summed E-state index contributed by atoms with van der Waals surface area (Å²) in [6.07, 6.45) is 0.688. The predicted octanol–water partition coefficient (Wildman–Crippen LogP) is 3.75. The number of benzene rings is 2. The van der Waals surface area contributed by atoms with Crippen LogP contribution in [0.3, 0.4) is 0 Å². The van der Waals surface area contributed by atoms with Crippen molar-refractivity contribution < 1.29 is 13.5 Å². The first kappa shape index (κ1) is 15.6. The van der Waals surface area contributed by atoms with E-state index in [9.17, 15) is 8.78 Å². The van der Waals surface area contributed by atoms with E-state index in [2.05, 4.69) is 9.88 Å². The molecule has 2 N–H and O–H groups in total. The summed E-state index contributed by atoms with van der Waals surface area (Å²) >= 11 is 0. The van der Waals surface area contributed by atoms with E-state index >= 15 is 0 Å². The zero-order valence-electron chi connectivity index (χ0n) is 13.5. The molecule has 0 spiro atoms. The van der Waals surface area contributed by atoms with Crippen molar-refractivity contribution in [3.63, 3.8) is 0 Å². The summed E-state index contributed by atoms with van der Waals surface area (Å²) in [4.78, 5) is 6.54. The maximum Gasteiger partial charge on any atom is 0.162 e. The standard InChI is InChI=1S/C19H17F2N3O/c20-15-6-5-12(9-16(15)21)25-13-7-8-24(11-13)18-10-19(22)23-17-4-2-1-3-14(17)18/h1-6,9-10,13H,7-8,11H2,(H2,22,23). The Bertz CT molecular complexity index is 932. The van der Waals surface area contributed by atoms with E-state index in [1.807, 2.05) is 30.3 Å². The normalized spacial score (nSPS) is 17.2. The quantitative estimate of drug-likeness (QED) is 0.788. The minimum atomic E-state index is -0.903. The number of aromatic nitrogens is 1. The Morgan fingerprint density at radius 1 is 1.08 bits per heavy atom. The van der Waals surface area contributed by atoms with E-state index in [1.165, 1.54) is 6.07 Å². The molecule has 6 heteroatoms. The molecule has 0 aliphatic carbocycles. The Morgan fingerprint density at radius 3 is 2.76 bits per heavy atom. The first-order chi connectivity index (χ1) is 12.1. The molecule has 4 rings (SSSR count). The number of nitrogens with two attached hydrogens (primary N) is 1. The number of para-hydroxylation sites is 1. The highest BCUT2D eigenvalue weighted by Gasteiger charge is 2.26. The van der Waals surface area contributed by atoms with Gasteiger partial charge in [-0.2, -0.15) is 0 Å². The molecule has 2 aromatic carbocycles. The second kappa shape index (κ2) is 6.20. The summed E-state index contributed by atoms with van der Waals surface area (Å²) < 4.78 is 32.2. The number of nitrogens with zero attached hydrogens (tertiary/aromatic N) is 2. The molecule has 0 amide bonds. The van der Waals surface area contributed by atoms with E-state index in [1.54, 1.807) is 0 Å². The fourth-order valence-corrected chi connectivity index (χ4v) is 3.22. The third-order valence-electron chi connectivity index (χ3n) is 4.39. The molecule has 1 atom stereocenters. The van der Waals surface area contributed by atoms with Crippen LogP contribution in [0.5, 0.6) is 5.75 Å². The number of hydrogen-bond acceptors (Lipinski definition) is 4. The van der Waals surface area contributed by atoms with Crippen molar-refractivity contribution in [3.8, 4) is 5.75 Å². The number of ether oxygens (including phenoxy) is 1. The number of fused-ring (bicyclic) bond motifs is 1. The lowest BCUT2D eigenvalue weighted by molar-refractivity contribution is 0.223. The zero-order chi connectivity index (χ0) is 17.4. The smallest absolute Gasteiger partial charge is 0.162 e. The number of pyridine rings is 1. The van der Waals surface area contributed by atoms with Crippen molar-refractivity contribution in [2.75, 3.05) is 23.7 Å². The van der Waals surface area contributed by atoms with Crippen molar-refractivity contribution >= 4 is 22.4 Å². The molecule has 128 valence electrons. The van der Waals surface area contributed by atoms with Gasteiger partial charge in [0, 0.05) is 36.2 Å². The Balaban J connectivity index is 1.55. The van der Waals surface area contributed by atoms with Crippen LogP contribution < -0.4 is 15.4 Å². The lowest BCUT2D eigenvalue weighted by Crippen LogP contribution is -2.25. The average Bonchev–Trinajstić information content (AvgIpc) is 3.06. The number of hydrogen-bond donors (Lipinski definition) is 1. The molecule has 1 aliphatic heterocycles. The second-order valence-corrected chi connectivity index (χ2v) is 6.13. The van der Waals surface area contributed by atoms with Crippen LogP contribution in [0.25, 0.3) is 10.9 Å². The van der Waals surface area contributed by atoms with Crippen molar-refractivity contribution in [2.45, 2.75) is 12.5 Å². The number of halogens is 2. The van der Waals surface area contributed by atoms with Crippen molar-refractivity contribution in [2.24, 2.45) is 0 Å². The predicted molar refractivity (Wildman–Crippen MR) is 93.8 cm³/mol. The van der Waals surface area contributed by atoms with E-state index in [4.69, 9.17) is 10.5 Å². The van der Waals surface area contributed by atoms with Gasteiger partial charge in [-0.05, 0) is 18.2 Å². The van der Waals surface area contributed by atoms with Gasteiger partial charge in [-0.3, -0.25) is 0 Å². The fraction of sp³-hybridized carbons (Fsp3) is 0.211. The highest BCUT2D eigenvalue weighted by molar-refractivity contribution is 5.93. The van der Waals surface area contributed by atoms with Crippen LogP contribution in [0.1, 0.15) is 6.42 Å². The summed E-state index contributed by atoms with van der Waals surface area (Å²) in [6, 6.07) is 13.3. The second-order valence-electron chi connectivity index (χ2n) is 6.13. The lowest BCUT2D eigenvalue weighted by atomic mass is 10.1. The van der Waals surface area contributed by atoms with Crippen LogP contribution in [-0.4, -0.2) is 24.2 Å². The number of anilines is 2. The zero-order valence-corrected chi connectivity index (χ0v) is 13.5. The Morgan fingerprint density at radius 2 is 1.92 bits per heavy atom. The third kappa shape index (κ3) is 3.07. The first-order valence-electron chi connectivity index (χ1n) is 8.12. The Kier molecular flexibility index (Phi) is 3.87. The highest BCUT2D eigenvalue weighted by Crippen LogP contribution is 2.31. The van der Waals surface area contributed by atoms with Gasteiger partial charge < -0.3 is 15.4 Å². The summed E-state index contributed by atoms with van der Waals surface area (Å²) in [5.74, 6) is -0.970. The van der Waals surface area contributed by atoms with Gasteiger partial charge >= 0.3 is 0 Å². The van der Waals surface area contributed by atoms with Gasteiger partial charge in [-0.15, -0.1) is 0 Å². The summed E-state index contributed by atoms with van der Waals surface area (Å²) in [5.41, 5.74) is 7.80. The summed E-state index contributed by atoms with van der Waals surface area (Å²) in [6.45, 7) is 1.44. The van der Waals surface area contributed by atoms with Gasteiger partial charge in [0.2, 0.25) is 0 Å². The largest absolute Gasteiger partial charge is 0.488 e. The van der Waals surface area contributed by atoms with E-state index in [0.29, 0.717) is 18.1 Å². The molecule has 0 bridgehead atoms. The molecular formula is C19H17F2N3O. The fourth-order valence-electron chi connectivity index (χ4n) is 3.22. The molecule has 0 saturated carbocycles. The van der Waals surface area contributed by atoms with Gasteiger partial charge in [0.1, 0.15) is 17.7 Å². The Hall–Kier alpha value is -2.89. The van der Waals surface area contributed by atoms with Gasteiger partial charge in [-0.25, -0.2) is 13.8 Å². The molecule has 1 unspecified atom stereocenters. The maximum absolute atomic E-state index is 13.3. The molecular weight excluding hydrogens is 324 g/mol. The van der Waals surface area contributed by atoms with Crippen LogP contribution >= 0.6 is 0 Å². The van der Waals surface area contributed by atoms with Gasteiger partial charge in [-0.1, -0.05) is 18.2 Å². The van der Waals surface area contributed by atoms with Crippen molar-refractivity contribution in [1.29, 1.82) is 0 Å². The van der Waals surface area contributed by atoms with E-state index in [-0.39, 0.29) is 6.10 Å². The molecule has 1 fully saturated rings. The van der Waals surface area contributed by atoms with Crippen LogP contribution in [0.2, 0.25) is 0 Å². The third-order valence-corrected chi connectivity index (χ3v) is 4.39. The molecule has 0 radical (unpaired) electrons. The molecule has 1 aromatic heterocycles. The Labute approximate surface area is 143 Å². The van der Waals surface area contributed by atoms with Crippen LogP contribution in [-0.2, 0) is 0 Å². The number of rotatable bonds is 3. The molecule has 3 aromatic rings. The van der Waals surface area contributed by atoms with Crippen LogP contribution in [0, 0.1) is 11.6 Å². The molecule has 1 aliphatic rings. The molecule has 1 saturated heterocycles. The monoisotopic (exact) mass is 341 g/mol. The van der Waals surface area contributed by atoms with Crippen LogP contribution in [0.4, 0.5) is 20.3 Å². The van der Waals surface area contributed by atoms with Gasteiger partial charge in [0.25, 0.3) is 0 Å². The minimum absolute atomic E-state index is 0.0991. The highest BCUT2D eigenvalue weighted by atomic mass is 19.2. The summed E-state index contributed by atoms with van der Waals surface area (Å²) in [5, 5.41) is 1.03. The molecule has 2 heterocycles. The minimum Gasteiger partial charge on any atom is -0.488 e. The molecule has 4 nitrogen and oxygen atoms in total. The van der Waals surface area contributed by atoms with Gasteiger partial charge in [0.05, 0.1) is 12.1 Å². The number of nitrogen functional groups attached to an aromatic ring is 1. The first-order valence-corrected chi connectivity index (χ1v) is 8.12. The van der Waals surface area contributed by atoms with Gasteiger partial charge in [0.15, 0.2) is 11.6 Å². The topological polar surface area (TPSA) is 51.4 Å². The summed E-state index contributed by atoms with van der Waals surface area (Å²) in [7, 11) is 0. The van der Waals surface area contributed by atoms with Crippen molar-refractivity contribution in [1.82, 2.24) is 4.98 Å². The molecule has 25 heavy (non-hydrogen) atoms. The van der Waals surface area contributed by atoms with E-state index < -0.39 is 11.6 Å². The average molecular weight is 341 g/mol.